The van der Waals surface area contributed by atoms with Gasteiger partial charge in [0.15, 0.2) is 0 Å². The topological polar surface area (TPSA) is 74.4 Å². The van der Waals surface area contributed by atoms with Crippen LogP contribution in [0.5, 0.6) is 0 Å². The Labute approximate surface area is 192 Å². The van der Waals surface area contributed by atoms with Crippen LogP contribution >= 0.6 is 11.9 Å². The summed E-state index contributed by atoms with van der Waals surface area (Å²) >= 11 is 1.71. The van der Waals surface area contributed by atoms with Crippen molar-refractivity contribution in [3.05, 3.63) is 11.9 Å². The van der Waals surface area contributed by atoms with Crippen molar-refractivity contribution in [2.45, 2.75) is 62.7 Å². The molecule has 3 rings (SSSR count). The van der Waals surface area contributed by atoms with E-state index in [0.29, 0.717) is 12.0 Å². The van der Waals surface area contributed by atoms with E-state index in [1.54, 1.807) is 19.1 Å². The Morgan fingerprint density at radius 2 is 2.00 bits per heavy atom. The van der Waals surface area contributed by atoms with Crippen molar-refractivity contribution in [2.24, 2.45) is 16.6 Å². The molecule has 2 saturated heterocycles. The molecular weight excluding hydrogens is 410 g/mol. The zero-order valence-corrected chi connectivity index (χ0v) is 20.4. The first kappa shape index (κ1) is 24.6. The van der Waals surface area contributed by atoms with Gasteiger partial charge in [-0.15, -0.1) is 0 Å². The molecule has 0 spiro atoms. The summed E-state index contributed by atoms with van der Waals surface area (Å²) in [5, 5.41) is 0. The number of primary amides is 1. The van der Waals surface area contributed by atoms with Crippen molar-refractivity contribution in [3.8, 4) is 0 Å². The largest absolute Gasteiger partial charge is 0.383 e. The molecule has 1 atom stereocenters. The Bertz CT molecular complexity index is 640. The monoisotopic (exact) mass is 451 g/mol. The van der Waals surface area contributed by atoms with Crippen molar-refractivity contribution in [3.63, 3.8) is 0 Å². The Morgan fingerprint density at radius 1 is 1.29 bits per heavy atom. The van der Waals surface area contributed by atoms with E-state index in [9.17, 15) is 4.79 Å². The molecule has 0 aromatic carbocycles. The Balaban J connectivity index is 1.49. The lowest BCUT2D eigenvalue weighted by molar-refractivity contribution is -0.121. The lowest BCUT2D eigenvalue weighted by atomic mass is 9.94. The van der Waals surface area contributed by atoms with E-state index in [1.807, 2.05) is 0 Å². The van der Waals surface area contributed by atoms with Crippen molar-refractivity contribution in [1.82, 2.24) is 14.1 Å². The number of rotatable bonds is 10. The minimum atomic E-state index is -0.467. The van der Waals surface area contributed by atoms with Gasteiger partial charge in [-0.2, -0.15) is 0 Å². The summed E-state index contributed by atoms with van der Waals surface area (Å²) in [4.78, 5) is 22.0. The van der Waals surface area contributed by atoms with Gasteiger partial charge in [-0.05, 0) is 32.1 Å². The molecule has 1 amide bonds. The van der Waals surface area contributed by atoms with Crippen molar-refractivity contribution < 1.29 is 9.53 Å². The van der Waals surface area contributed by atoms with Crippen molar-refractivity contribution in [2.75, 3.05) is 53.5 Å². The van der Waals surface area contributed by atoms with Gasteiger partial charge >= 0.3 is 0 Å². The maximum Gasteiger partial charge on any atom is 0.235 e. The van der Waals surface area contributed by atoms with Gasteiger partial charge in [-0.25, -0.2) is 4.31 Å². The lowest BCUT2D eigenvalue weighted by Gasteiger charge is -2.43. The van der Waals surface area contributed by atoms with Crippen LogP contribution in [0.4, 0.5) is 0 Å². The number of hydrogen-bond donors (Lipinski definition) is 1. The molecule has 3 heterocycles. The lowest BCUT2D eigenvalue weighted by Crippen LogP contribution is -2.52. The number of carbonyl (C=O) groups is 1. The molecule has 0 aliphatic carbocycles. The molecule has 0 bridgehead atoms. The highest BCUT2D eigenvalue weighted by Gasteiger charge is 2.43. The molecule has 0 radical (unpaired) electrons. The second-order valence-electron chi connectivity index (χ2n) is 9.19. The van der Waals surface area contributed by atoms with Crippen LogP contribution in [-0.4, -0.2) is 90.5 Å². The molecule has 176 valence electrons. The number of piperidine rings is 2. The van der Waals surface area contributed by atoms with E-state index in [1.165, 1.54) is 25.0 Å². The average molecular weight is 452 g/mol. The molecule has 3 aliphatic rings. The highest BCUT2D eigenvalue weighted by molar-refractivity contribution is 7.99. The number of nitrogens with two attached hydrogens (primary N) is 1. The molecule has 3 aliphatic heterocycles. The SMILES string of the molecule is CCCCC1C=NC(C2CCN(SC3(C(N)=O)CCN(CCOC)CC3)CC2)=CN1C. The number of unbranched alkanes of at least 4 members (excludes halogenated alkanes) is 1. The molecule has 2 N–H and O–H groups in total. The maximum absolute atomic E-state index is 12.4. The fourth-order valence-electron chi connectivity index (χ4n) is 4.75. The van der Waals surface area contributed by atoms with Crippen LogP contribution in [0.1, 0.15) is 51.9 Å². The quantitative estimate of drug-likeness (QED) is 0.515. The van der Waals surface area contributed by atoms with Gasteiger partial charge in [0, 0.05) is 65.2 Å². The number of likely N-dealkylation sites (tertiary alicyclic amines) is 1. The average Bonchev–Trinajstić information content (AvgIpc) is 2.78. The van der Waals surface area contributed by atoms with E-state index in [4.69, 9.17) is 15.5 Å². The summed E-state index contributed by atoms with van der Waals surface area (Å²) in [7, 11) is 3.90. The van der Waals surface area contributed by atoms with Gasteiger partial charge in [-0.1, -0.05) is 31.7 Å². The van der Waals surface area contributed by atoms with Crippen LogP contribution in [0.3, 0.4) is 0 Å². The third kappa shape index (κ3) is 6.46. The third-order valence-electron chi connectivity index (χ3n) is 7.01. The molecule has 31 heavy (non-hydrogen) atoms. The number of allylic oxidation sites excluding steroid dienone is 1. The van der Waals surface area contributed by atoms with Crippen LogP contribution < -0.4 is 5.73 Å². The standard InChI is InChI=1S/C23H41N5O2S/c1-4-5-6-20-17-25-21(18-26(20)2)19-7-11-28(12-8-19)31-23(22(24)29)9-13-27(14-10-23)15-16-30-3/h17-20H,4-16H2,1-3H3,(H2,24,29). The zero-order chi connectivity index (χ0) is 22.3. The smallest absolute Gasteiger partial charge is 0.235 e. The first-order chi connectivity index (χ1) is 15.0. The molecular formula is C23H41N5O2S. The second-order valence-corrected chi connectivity index (χ2v) is 10.7. The molecule has 2 fully saturated rings. The summed E-state index contributed by atoms with van der Waals surface area (Å²) in [5.74, 6) is 0.341. The van der Waals surface area contributed by atoms with Gasteiger partial charge in [0.1, 0.15) is 4.75 Å². The number of aliphatic imine (C=N–C) groups is 1. The van der Waals surface area contributed by atoms with Gasteiger partial charge in [-0.3, -0.25) is 9.79 Å². The van der Waals surface area contributed by atoms with Gasteiger partial charge in [0.05, 0.1) is 18.3 Å². The van der Waals surface area contributed by atoms with Crippen LogP contribution in [-0.2, 0) is 9.53 Å². The fourth-order valence-corrected chi connectivity index (χ4v) is 6.09. The van der Waals surface area contributed by atoms with Gasteiger partial charge < -0.3 is 20.3 Å². The van der Waals surface area contributed by atoms with E-state index >= 15 is 0 Å². The zero-order valence-electron chi connectivity index (χ0n) is 19.6. The molecule has 0 aromatic heterocycles. The highest BCUT2D eigenvalue weighted by atomic mass is 32.2. The van der Waals surface area contributed by atoms with Crippen LogP contribution in [0.15, 0.2) is 16.9 Å². The highest BCUT2D eigenvalue weighted by Crippen LogP contribution is 2.41. The maximum atomic E-state index is 12.4. The van der Waals surface area contributed by atoms with E-state index in [-0.39, 0.29) is 5.91 Å². The van der Waals surface area contributed by atoms with Gasteiger partial charge in [0.25, 0.3) is 0 Å². The minimum absolute atomic E-state index is 0.162. The van der Waals surface area contributed by atoms with Crippen molar-refractivity contribution in [1.29, 1.82) is 0 Å². The number of ether oxygens (including phenoxy) is 1. The Hall–Kier alpha value is -1.09. The molecule has 1 unspecified atom stereocenters. The normalized spacial score (nSPS) is 25.6. The second kappa shape index (κ2) is 11.7. The Morgan fingerprint density at radius 3 is 2.58 bits per heavy atom. The predicted octanol–water partition coefficient (Wildman–Crippen LogP) is 2.73. The summed E-state index contributed by atoms with van der Waals surface area (Å²) in [6, 6.07) is 0.435. The van der Waals surface area contributed by atoms with E-state index < -0.39 is 4.75 Å². The number of carbonyl (C=O) groups excluding carboxylic acids is 1. The molecule has 8 heteroatoms. The first-order valence-electron chi connectivity index (χ1n) is 11.9. The van der Waals surface area contributed by atoms with Crippen LogP contribution in [0, 0.1) is 5.92 Å². The molecule has 0 aromatic rings. The summed E-state index contributed by atoms with van der Waals surface area (Å²) in [6.45, 7) is 7.66. The number of hydrogen-bond acceptors (Lipinski definition) is 7. The van der Waals surface area contributed by atoms with Crippen molar-refractivity contribution >= 4 is 24.1 Å². The predicted molar refractivity (Wildman–Crippen MR) is 129 cm³/mol. The van der Waals surface area contributed by atoms with Gasteiger partial charge in [0.2, 0.25) is 5.91 Å². The summed E-state index contributed by atoms with van der Waals surface area (Å²) in [6.07, 6.45) is 11.8. The van der Waals surface area contributed by atoms with Crippen LogP contribution in [0.25, 0.3) is 0 Å². The number of methoxy groups -OCH3 is 1. The fraction of sp³-hybridized carbons (Fsp3) is 0.826. The number of amides is 1. The first-order valence-corrected chi connectivity index (χ1v) is 12.7. The molecule has 7 nitrogen and oxygen atoms in total. The summed E-state index contributed by atoms with van der Waals surface area (Å²) in [5.41, 5.74) is 7.13. The Kier molecular flexibility index (Phi) is 9.25. The van der Waals surface area contributed by atoms with Crippen LogP contribution in [0.2, 0.25) is 0 Å². The molecule has 0 saturated carbocycles. The van der Waals surface area contributed by atoms with E-state index in [2.05, 4.69) is 40.5 Å². The van der Waals surface area contributed by atoms with E-state index in [0.717, 1.165) is 65.0 Å². The summed E-state index contributed by atoms with van der Waals surface area (Å²) < 4.78 is 7.11. The third-order valence-corrected chi connectivity index (χ3v) is 8.59. The minimum Gasteiger partial charge on any atom is -0.383 e. The number of nitrogens with zero attached hydrogens (tertiary/aromatic N) is 4.